The first-order valence-electron chi connectivity index (χ1n) is 8.82. The summed E-state index contributed by atoms with van der Waals surface area (Å²) < 4.78 is 27.7. The molecule has 0 saturated carbocycles. The fourth-order valence-corrected chi connectivity index (χ4v) is 5.59. The summed E-state index contributed by atoms with van der Waals surface area (Å²) in [4.78, 5) is 13.4. The predicted molar refractivity (Wildman–Crippen MR) is 108 cm³/mol. The van der Waals surface area contributed by atoms with Gasteiger partial charge < -0.3 is 0 Å². The first kappa shape index (κ1) is 17.9. The maximum atomic E-state index is 13.1. The van der Waals surface area contributed by atoms with Crippen LogP contribution in [0.25, 0.3) is 0 Å². The number of benzene rings is 2. The smallest absolute Gasteiger partial charge is 0.264 e. The van der Waals surface area contributed by atoms with Crippen molar-refractivity contribution in [1.29, 1.82) is 0 Å². The molecule has 27 heavy (non-hydrogen) atoms. The zero-order chi connectivity index (χ0) is 18.9. The molecular formula is C21H19NO3S2. The van der Waals surface area contributed by atoms with Crippen LogP contribution in [-0.2, 0) is 22.9 Å². The maximum absolute atomic E-state index is 13.1. The number of rotatable bonds is 5. The Labute approximate surface area is 163 Å². The van der Waals surface area contributed by atoms with Gasteiger partial charge in [-0.2, -0.15) is 0 Å². The summed E-state index contributed by atoms with van der Waals surface area (Å²) in [5.74, 6) is 0.0539. The first-order valence-corrected chi connectivity index (χ1v) is 11.1. The molecule has 138 valence electrons. The van der Waals surface area contributed by atoms with Crippen LogP contribution in [-0.4, -0.2) is 20.7 Å². The van der Waals surface area contributed by atoms with E-state index in [-0.39, 0.29) is 17.1 Å². The Morgan fingerprint density at radius 1 is 1.04 bits per heavy atom. The third-order valence-corrected chi connectivity index (χ3v) is 7.46. The molecule has 0 bridgehead atoms. The van der Waals surface area contributed by atoms with Crippen molar-refractivity contribution in [2.45, 2.75) is 24.2 Å². The number of hydrogen-bond donors (Lipinski definition) is 0. The van der Waals surface area contributed by atoms with Crippen LogP contribution >= 0.6 is 11.3 Å². The van der Waals surface area contributed by atoms with E-state index in [4.69, 9.17) is 0 Å². The Balaban J connectivity index is 1.68. The second-order valence-corrected chi connectivity index (χ2v) is 9.34. The van der Waals surface area contributed by atoms with E-state index in [0.717, 1.165) is 28.8 Å². The minimum Gasteiger partial charge on any atom is -0.293 e. The van der Waals surface area contributed by atoms with E-state index in [1.165, 1.54) is 15.6 Å². The highest BCUT2D eigenvalue weighted by molar-refractivity contribution is 7.92. The molecule has 0 atom stereocenters. The minimum absolute atomic E-state index is 0.0539. The highest BCUT2D eigenvalue weighted by Gasteiger charge is 2.29. The number of sulfonamides is 1. The lowest BCUT2D eigenvalue weighted by atomic mass is 9.99. The fraction of sp³-hybridized carbons (Fsp3) is 0.190. The fourth-order valence-electron chi connectivity index (χ4n) is 3.38. The van der Waals surface area contributed by atoms with Gasteiger partial charge >= 0.3 is 0 Å². The second kappa shape index (κ2) is 7.29. The summed E-state index contributed by atoms with van der Waals surface area (Å²) in [5, 5.41) is 1.88. The summed E-state index contributed by atoms with van der Waals surface area (Å²) in [7, 11) is -3.61. The molecular weight excluding hydrogens is 378 g/mol. The average Bonchev–Trinajstić information content (AvgIpc) is 3.23. The Hall–Kier alpha value is -2.44. The molecule has 0 unspecified atom stereocenters. The highest BCUT2D eigenvalue weighted by atomic mass is 32.2. The predicted octanol–water partition coefficient (Wildman–Crippen LogP) is 4.32. The molecule has 3 aromatic rings. The molecule has 0 saturated heterocycles. The molecule has 0 amide bonds. The molecule has 0 N–H and O–H groups in total. The number of fused-ring (bicyclic) bond motifs is 1. The van der Waals surface area contributed by atoms with Crippen molar-refractivity contribution in [1.82, 2.24) is 0 Å². The van der Waals surface area contributed by atoms with Gasteiger partial charge in [0.15, 0.2) is 5.78 Å². The molecule has 6 heteroatoms. The van der Waals surface area contributed by atoms with Gasteiger partial charge in [0.2, 0.25) is 0 Å². The lowest BCUT2D eigenvalue weighted by molar-refractivity contribution is 0.0997. The zero-order valence-corrected chi connectivity index (χ0v) is 16.3. The van der Waals surface area contributed by atoms with Crippen molar-refractivity contribution in [2.24, 2.45) is 0 Å². The molecule has 0 radical (unpaired) electrons. The minimum atomic E-state index is -3.61. The lowest BCUT2D eigenvalue weighted by Crippen LogP contribution is -2.35. The van der Waals surface area contributed by atoms with Gasteiger partial charge in [-0.25, -0.2) is 8.42 Å². The summed E-state index contributed by atoms with van der Waals surface area (Å²) >= 11 is 1.43. The van der Waals surface area contributed by atoms with Crippen LogP contribution in [0, 0.1) is 0 Å². The Morgan fingerprint density at radius 2 is 1.85 bits per heavy atom. The van der Waals surface area contributed by atoms with E-state index in [9.17, 15) is 13.2 Å². The molecule has 4 rings (SSSR count). The third-order valence-electron chi connectivity index (χ3n) is 4.72. The summed E-state index contributed by atoms with van der Waals surface area (Å²) in [6.07, 6.45) is 1.90. The summed E-state index contributed by atoms with van der Waals surface area (Å²) in [5.41, 5.74) is 2.54. The first-order chi connectivity index (χ1) is 13.1. The second-order valence-electron chi connectivity index (χ2n) is 6.53. The van der Waals surface area contributed by atoms with Crippen LogP contribution in [0.15, 0.2) is 70.9 Å². The highest BCUT2D eigenvalue weighted by Crippen LogP contribution is 2.33. The number of ketones is 1. The van der Waals surface area contributed by atoms with Gasteiger partial charge in [0.25, 0.3) is 10.0 Å². The van der Waals surface area contributed by atoms with Gasteiger partial charge in [0.05, 0.1) is 15.5 Å². The van der Waals surface area contributed by atoms with Crippen molar-refractivity contribution in [3.05, 3.63) is 82.0 Å². The number of nitrogens with zero attached hydrogens (tertiary/aromatic N) is 1. The number of Topliss-reactive ketones (excluding diaryl/α,β-unsaturated/α-hetero) is 1. The quantitative estimate of drug-likeness (QED) is 0.603. The van der Waals surface area contributed by atoms with E-state index < -0.39 is 10.0 Å². The maximum Gasteiger partial charge on any atom is 0.264 e. The van der Waals surface area contributed by atoms with E-state index >= 15 is 0 Å². The molecule has 1 aliphatic heterocycles. The van der Waals surface area contributed by atoms with Crippen LogP contribution in [0.1, 0.15) is 27.2 Å². The number of carbonyl (C=O) groups is 1. The average molecular weight is 398 g/mol. The van der Waals surface area contributed by atoms with E-state index in [0.29, 0.717) is 12.2 Å². The van der Waals surface area contributed by atoms with Crippen LogP contribution < -0.4 is 4.31 Å². The van der Waals surface area contributed by atoms with Crippen molar-refractivity contribution in [3.8, 4) is 0 Å². The van der Waals surface area contributed by atoms with Crippen molar-refractivity contribution < 1.29 is 13.2 Å². The van der Waals surface area contributed by atoms with Crippen LogP contribution in [0.4, 0.5) is 5.69 Å². The number of thiophene rings is 1. The monoisotopic (exact) mass is 397 g/mol. The Bertz CT molecular complexity index is 1060. The molecule has 2 heterocycles. The molecule has 4 nitrogen and oxygen atoms in total. The number of hydrogen-bond acceptors (Lipinski definition) is 4. The van der Waals surface area contributed by atoms with Gasteiger partial charge in [0, 0.05) is 13.0 Å². The molecule has 0 spiro atoms. The SMILES string of the molecule is O=C(Cc1ccc2c(c1)N(S(=O)(=O)c1ccccc1)CCC2)c1cccs1. The normalized spacial score (nSPS) is 14.0. The van der Waals surface area contributed by atoms with Crippen molar-refractivity contribution >= 4 is 32.8 Å². The van der Waals surface area contributed by atoms with Crippen LogP contribution in [0.2, 0.25) is 0 Å². The lowest BCUT2D eigenvalue weighted by Gasteiger charge is -2.31. The standard InChI is InChI=1S/C21H19NO3S2/c23-20(21-9-5-13-26-21)15-16-10-11-17-6-4-12-22(19(17)14-16)27(24,25)18-7-2-1-3-8-18/h1-3,5,7-11,13-14H,4,6,12,15H2. The van der Waals surface area contributed by atoms with E-state index in [1.807, 2.05) is 35.7 Å². The van der Waals surface area contributed by atoms with E-state index in [2.05, 4.69) is 0 Å². The number of aryl methyl sites for hydroxylation is 1. The molecule has 0 fully saturated rings. The van der Waals surface area contributed by atoms with Gasteiger partial charge in [-0.15, -0.1) is 11.3 Å². The topological polar surface area (TPSA) is 54.5 Å². The molecule has 2 aromatic carbocycles. The molecule has 1 aromatic heterocycles. The molecule has 0 aliphatic carbocycles. The van der Waals surface area contributed by atoms with Gasteiger partial charge in [-0.05, 0) is 53.6 Å². The summed E-state index contributed by atoms with van der Waals surface area (Å²) in [6.45, 7) is 0.451. The summed E-state index contributed by atoms with van der Waals surface area (Å²) in [6, 6.07) is 17.9. The van der Waals surface area contributed by atoms with Gasteiger partial charge in [-0.1, -0.05) is 36.4 Å². The largest absolute Gasteiger partial charge is 0.293 e. The van der Waals surface area contributed by atoms with Gasteiger partial charge in [0.1, 0.15) is 0 Å². The van der Waals surface area contributed by atoms with Crippen molar-refractivity contribution in [2.75, 3.05) is 10.8 Å². The third kappa shape index (κ3) is 3.55. The van der Waals surface area contributed by atoms with E-state index in [1.54, 1.807) is 30.3 Å². The van der Waals surface area contributed by atoms with Crippen LogP contribution in [0.5, 0.6) is 0 Å². The Kier molecular flexibility index (Phi) is 4.85. The number of anilines is 1. The van der Waals surface area contributed by atoms with Crippen molar-refractivity contribution in [3.63, 3.8) is 0 Å². The number of carbonyl (C=O) groups excluding carboxylic acids is 1. The van der Waals surface area contributed by atoms with Gasteiger partial charge in [-0.3, -0.25) is 9.10 Å². The van der Waals surface area contributed by atoms with Crippen LogP contribution in [0.3, 0.4) is 0 Å². The molecule has 1 aliphatic rings. The Morgan fingerprint density at radius 3 is 2.59 bits per heavy atom. The zero-order valence-electron chi connectivity index (χ0n) is 14.7.